The zero-order chi connectivity index (χ0) is 16.3. The zero-order valence-electron chi connectivity index (χ0n) is 15.8. The molecule has 0 spiro atoms. The molecule has 0 atom stereocenters. The van der Waals surface area contributed by atoms with Crippen molar-refractivity contribution in [2.45, 2.75) is 123 Å². The van der Waals surface area contributed by atoms with Crippen molar-refractivity contribution in [3.8, 4) is 0 Å². The molecule has 0 saturated carbocycles. The number of aliphatic hydroxyl groups is 1. The molecule has 0 unspecified atom stereocenters. The van der Waals surface area contributed by atoms with Crippen LogP contribution in [0.5, 0.6) is 0 Å². The van der Waals surface area contributed by atoms with E-state index in [-0.39, 0.29) is 0 Å². The van der Waals surface area contributed by atoms with Gasteiger partial charge in [-0.15, -0.1) is 0 Å². The predicted molar refractivity (Wildman–Crippen MR) is 100 cm³/mol. The largest absolute Gasteiger partial charge is 0.396 e. The van der Waals surface area contributed by atoms with Crippen LogP contribution in [-0.4, -0.2) is 11.7 Å². The van der Waals surface area contributed by atoms with Gasteiger partial charge in [0.15, 0.2) is 0 Å². The molecule has 0 bridgehead atoms. The third-order valence-electron chi connectivity index (χ3n) is 4.95. The van der Waals surface area contributed by atoms with Gasteiger partial charge in [-0.3, -0.25) is 0 Å². The Hall–Kier alpha value is -0.0400. The van der Waals surface area contributed by atoms with E-state index in [0.717, 1.165) is 12.3 Å². The number of hydrogen-bond acceptors (Lipinski definition) is 1. The molecule has 0 fully saturated rings. The molecule has 0 amide bonds. The molecule has 134 valence electrons. The fourth-order valence-corrected chi connectivity index (χ4v) is 3.40. The molecule has 1 heteroatoms. The lowest BCUT2D eigenvalue weighted by Crippen LogP contribution is -2.01. The Kier molecular flexibility index (Phi) is 19.0. The average molecular weight is 313 g/mol. The SMILES string of the molecule is CCCCCC(CCCCC)CCCCCCCCCCO. The molecule has 0 aliphatic carbocycles. The Morgan fingerprint density at radius 2 is 0.864 bits per heavy atom. The highest BCUT2D eigenvalue weighted by atomic mass is 16.2. The second kappa shape index (κ2) is 19.0. The van der Waals surface area contributed by atoms with Crippen LogP contribution in [0, 0.1) is 5.92 Å². The minimum atomic E-state index is 0.372. The number of aliphatic hydroxyl groups excluding tert-OH is 1. The smallest absolute Gasteiger partial charge is 0.0431 e. The van der Waals surface area contributed by atoms with Gasteiger partial charge in [-0.1, -0.05) is 117 Å². The molecule has 1 N–H and O–H groups in total. The van der Waals surface area contributed by atoms with Crippen LogP contribution in [0.1, 0.15) is 123 Å². The van der Waals surface area contributed by atoms with Crippen molar-refractivity contribution in [2.24, 2.45) is 5.92 Å². The summed E-state index contributed by atoms with van der Waals surface area (Å²) in [6.45, 7) is 5.00. The van der Waals surface area contributed by atoms with Gasteiger partial charge in [0.05, 0.1) is 0 Å². The number of hydrogen-bond donors (Lipinski definition) is 1. The molecule has 0 aliphatic rings. The van der Waals surface area contributed by atoms with Gasteiger partial charge in [0.25, 0.3) is 0 Å². The Morgan fingerprint density at radius 1 is 0.500 bits per heavy atom. The lowest BCUT2D eigenvalue weighted by molar-refractivity contribution is 0.282. The van der Waals surface area contributed by atoms with Crippen LogP contribution in [0.3, 0.4) is 0 Å². The fourth-order valence-electron chi connectivity index (χ4n) is 3.40. The van der Waals surface area contributed by atoms with Crippen LogP contribution in [0.15, 0.2) is 0 Å². The molecular formula is C21H44O. The van der Waals surface area contributed by atoms with Crippen LogP contribution in [0.25, 0.3) is 0 Å². The standard InChI is InChI=1S/C21H44O/c1-3-5-13-17-21(18-14-6-4-2)19-15-11-9-7-8-10-12-16-20-22/h21-22H,3-20H2,1-2H3. The Balaban J connectivity index is 3.51. The van der Waals surface area contributed by atoms with Crippen molar-refractivity contribution in [1.29, 1.82) is 0 Å². The summed E-state index contributed by atoms with van der Waals surface area (Å²) in [5.74, 6) is 1.02. The first kappa shape index (κ1) is 22.0. The maximum Gasteiger partial charge on any atom is 0.0431 e. The molecule has 0 aromatic carbocycles. The van der Waals surface area contributed by atoms with Gasteiger partial charge in [-0.05, 0) is 12.3 Å². The Morgan fingerprint density at radius 3 is 1.27 bits per heavy atom. The average Bonchev–Trinajstić information content (AvgIpc) is 2.53. The maximum absolute atomic E-state index is 8.75. The zero-order valence-corrected chi connectivity index (χ0v) is 15.8. The minimum Gasteiger partial charge on any atom is -0.396 e. The molecule has 0 rings (SSSR count). The predicted octanol–water partition coefficient (Wildman–Crippen LogP) is 7.27. The summed E-state index contributed by atoms with van der Waals surface area (Å²) in [5.41, 5.74) is 0. The highest BCUT2D eigenvalue weighted by molar-refractivity contribution is 4.61. The lowest BCUT2D eigenvalue weighted by atomic mass is 9.90. The first-order chi connectivity index (χ1) is 10.8. The summed E-state index contributed by atoms with van der Waals surface area (Å²) in [7, 11) is 0. The van der Waals surface area contributed by atoms with Crippen molar-refractivity contribution in [2.75, 3.05) is 6.61 Å². The quantitative estimate of drug-likeness (QED) is 0.264. The van der Waals surface area contributed by atoms with E-state index in [0.29, 0.717) is 6.61 Å². The normalized spacial score (nSPS) is 11.5. The van der Waals surface area contributed by atoms with E-state index in [2.05, 4.69) is 13.8 Å². The molecular weight excluding hydrogens is 268 g/mol. The summed E-state index contributed by atoms with van der Waals surface area (Å²) in [4.78, 5) is 0. The van der Waals surface area contributed by atoms with E-state index < -0.39 is 0 Å². The summed E-state index contributed by atoms with van der Waals surface area (Å²) in [6, 6.07) is 0. The number of rotatable bonds is 18. The van der Waals surface area contributed by atoms with Crippen LogP contribution in [0.4, 0.5) is 0 Å². The van der Waals surface area contributed by atoms with Gasteiger partial charge in [-0.25, -0.2) is 0 Å². The van der Waals surface area contributed by atoms with E-state index in [1.807, 2.05) is 0 Å². The van der Waals surface area contributed by atoms with E-state index >= 15 is 0 Å². The second-order valence-electron chi connectivity index (χ2n) is 7.20. The summed E-state index contributed by atoms with van der Waals surface area (Å²) in [6.07, 6.45) is 23.6. The third kappa shape index (κ3) is 16.3. The monoisotopic (exact) mass is 312 g/mol. The van der Waals surface area contributed by atoms with Crippen LogP contribution >= 0.6 is 0 Å². The molecule has 0 aromatic heterocycles. The minimum absolute atomic E-state index is 0.372. The molecule has 1 nitrogen and oxygen atoms in total. The number of unbranched alkanes of at least 4 members (excludes halogenated alkanes) is 11. The molecule has 0 saturated heterocycles. The summed E-state index contributed by atoms with van der Waals surface area (Å²) >= 11 is 0. The highest BCUT2D eigenvalue weighted by Gasteiger charge is 2.08. The van der Waals surface area contributed by atoms with E-state index in [9.17, 15) is 0 Å². The summed E-state index contributed by atoms with van der Waals surface area (Å²) in [5, 5.41) is 8.75. The molecule has 0 aliphatic heterocycles. The van der Waals surface area contributed by atoms with Gasteiger partial charge < -0.3 is 5.11 Å². The van der Waals surface area contributed by atoms with Gasteiger partial charge in [0.1, 0.15) is 0 Å². The highest BCUT2D eigenvalue weighted by Crippen LogP contribution is 2.23. The topological polar surface area (TPSA) is 20.2 Å². The summed E-state index contributed by atoms with van der Waals surface area (Å²) < 4.78 is 0. The van der Waals surface area contributed by atoms with Crippen molar-refractivity contribution < 1.29 is 5.11 Å². The van der Waals surface area contributed by atoms with Crippen molar-refractivity contribution in [3.05, 3.63) is 0 Å². The molecule has 0 heterocycles. The van der Waals surface area contributed by atoms with Gasteiger partial charge in [0.2, 0.25) is 0 Å². The van der Waals surface area contributed by atoms with Crippen molar-refractivity contribution in [1.82, 2.24) is 0 Å². The van der Waals surface area contributed by atoms with E-state index in [1.165, 1.54) is 103 Å². The molecule has 0 aromatic rings. The first-order valence-corrected chi connectivity index (χ1v) is 10.5. The van der Waals surface area contributed by atoms with Crippen LogP contribution in [-0.2, 0) is 0 Å². The molecule has 22 heavy (non-hydrogen) atoms. The van der Waals surface area contributed by atoms with Crippen LogP contribution in [0.2, 0.25) is 0 Å². The van der Waals surface area contributed by atoms with Crippen molar-refractivity contribution >= 4 is 0 Å². The molecule has 0 radical (unpaired) electrons. The van der Waals surface area contributed by atoms with Gasteiger partial charge >= 0.3 is 0 Å². The van der Waals surface area contributed by atoms with E-state index in [4.69, 9.17) is 5.11 Å². The van der Waals surface area contributed by atoms with Gasteiger partial charge in [0, 0.05) is 6.61 Å². The Labute approximate surface area is 141 Å². The lowest BCUT2D eigenvalue weighted by Gasteiger charge is -2.16. The van der Waals surface area contributed by atoms with E-state index in [1.54, 1.807) is 0 Å². The van der Waals surface area contributed by atoms with Crippen molar-refractivity contribution in [3.63, 3.8) is 0 Å². The fraction of sp³-hybridized carbons (Fsp3) is 1.00. The van der Waals surface area contributed by atoms with Crippen LogP contribution < -0.4 is 0 Å². The first-order valence-electron chi connectivity index (χ1n) is 10.5. The Bertz CT molecular complexity index is 180. The van der Waals surface area contributed by atoms with Gasteiger partial charge in [-0.2, -0.15) is 0 Å². The maximum atomic E-state index is 8.75. The second-order valence-corrected chi connectivity index (χ2v) is 7.20. The third-order valence-corrected chi connectivity index (χ3v) is 4.95.